The molecule has 0 aromatic heterocycles. The molecule has 2 bridgehead atoms. The molecule has 0 saturated carbocycles. The van der Waals surface area contributed by atoms with Gasteiger partial charge in [-0.05, 0) is 56.0 Å². The van der Waals surface area contributed by atoms with Gasteiger partial charge in [0.1, 0.15) is 0 Å². The van der Waals surface area contributed by atoms with Crippen LogP contribution in [0.1, 0.15) is 42.1 Å². The first-order valence-corrected chi connectivity index (χ1v) is 9.13. The Morgan fingerprint density at radius 2 is 1.74 bits per heavy atom. The van der Waals surface area contributed by atoms with Crippen molar-refractivity contribution in [3.05, 3.63) is 35.4 Å². The van der Waals surface area contributed by atoms with Crippen molar-refractivity contribution >= 4 is 11.9 Å². The van der Waals surface area contributed by atoms with Crippen LogP contribution in [0.5, 0.6) is 0 Å². The van der Waals surface area contributed by atoms with Gasteiger partial charge in [0.05, 0.1) is 0 Å². The summed E-state index contributed by atoms with van der Waals surface area (Å²) in [5.74, 6) is -1.98. The third kappa shape index (κ3) is 6.23. The van der Waals surface area contributed by atoms with E-state index in [1.807, 2.05) is 12.1 Å². The fourth-order valence-corrected chi connectivity index (χ4v) is 3.49. The van der Waals surface area contributed by atoms with Gasteiger partial charge in [-0.2, -0.15) is 13.2 Å². The Balaban J connectivity index is 0.000000321. The van der Waals surface area contributed by atoms with Gasteiger partial charge in [0.25, 0.3) is 5.91 Å². The Kier molecular flexibility index (Phi) is 7.24. The molecular weight excluding hydrogens is 361 g/mol. The monoisotopic (exact) mass is 386 g/mol. The summed E-state index contributed by atoms with van der Waals surface area (Å²) in [6.45, 7) is 5.63. The highest BCUT2D eigenvalue weighted by atomic mass is 19.4. The highest BCUT2D eigenvalue weighted by molar-refractivity contribution is 5.94. The van der Waals surface area contributed by atoms with Crippen molar-refractivity contribution in [2.24, 2.45) is 5.92 Å². The van der Waals surface area contributed by atoms with E-state index in [2.05, 4.69) is 29.3 Å². The lowest BCUT2D eigenvalue weighted by Crippen LogP contribution is -2.57. The van der Waals surface area contributed by atoms with Crippen molar-refractivity contribution in [3.8, 4) is 0 Å². The molecule has 27 heavy (non-hydrogen) atoms. The quantitative estimate of drug-likeness (QED) is 0.834. The molecule has 3 fully saturated rings. The van der Waals surface area contributed by atoms with Gasteiger partial charge in [0.2, 0.25) is 0 Å². The summed E-state index contributed by atoms with van der Waals surface area (Å²) in [7, 11) is 0. The van der Waals surface area contributed by atoms with E-state index in [1.54, 1.807) is 0 Å². The van der Waals surface area contributed by atoms with Crippen molar-refractivity contribution in [1.82, 2.24) is 10.2 Å². The summed E-state index contributed by atoms with van der Waals surface area (Å²) in [5.41, 5.74) is 2.10. The summed E-state index contributed by atoms with van der Waals surface area (Å²) in [5, 5.41) is 10.4. The number of amides is 1. The van der Waals surface area contributed by atoms with Crippen LogP contribution < -0.4 is 5.32 Å². The number of alkyl halides is 3. The van der Waals surface area contributed by atoms with Crippen LogP contribution in [0.15, 0.2) is 24.3 Å². The number of aryl methyl sites for hydroxylation is 1. The van der Waals surface area contributed by atoms with E-state index in [0.29, 0.717) is 12.0 Å². The number of carboxylic acids is 1. The first-order valence-electron chi connectivity index (χ1n) is 9.13. The van der Waals surface area contributed by atoms with E-state index >= 15 is 0 Å². The van der Waals surface area contributed by atoms with E-state index in [0.717, 1.165) is 24.9 Å². The molecule has 4 rings (SSSR count). The summed E-state index contributed by atoms with van der Waals surface area (Å²) in [4.78, 5) is 23.7. The Bertz CT molecular complexity index is 639. The molecule has 0 aliphatic carbocycles. The van der Waals surface area contributed by atoms with Crippen molar-refractivity contribution in [2.45, 2.75) is 44.8 Å². The smallest absolute Gasteiger partial charge is 0.475 e. The first-order chi connectivity index (χ1) is 12.7. The Morgan fingerprint density at radius 3 is 2.15 bits per heavy atom. The zero-order chi connectivity index (χ0) is 20.0. The average Bonchev–Trinajstić information content (AvgIpc) is 2.63. The molecule has 3 aliphatic heterocycles. The largest absolute Gasteiger partial charge is 0.490 e. The second-order valence-electron chi connectivity index (χ2n) is 6.97. The molecule has 3 heterocycles. The number of carbonyl (C=O) groups excluding carboxylic acids is 1. The summed E-state index contributed by atoms with van der Waals surface area (Å²) < 4.78 is 31.7. The lowest BCUT2D eigenvalue weighted by Gasteiger charge is -2.44. The minimum absolute atomic E-state index is 0.0896. The van der Waals surface area contributed by atoms with Gasteiger partial charge in [-0.3, -0.25) is 4.79 Å². The number of hydrogen-bond donors (Lipinski definition) is 2. The fraction of sp³-hybridized carbons (Fsp3) is 0.579. The van der Waals surface area contributed by atoms with Crippen LogP contribution >= 0.6 is 0 Å². The van der Waals surface area contributed by atoms with Crippen molar-refractivity contribution in [1.29, 1.82) is 0 Å². The molecule has 1 amide bonds. The second kappa shape index (κ2) is 9.21. The molecular formula is C19H25F3N2O3. The minimum Gasteiger partial charge on any atom is -0.475 e. The van der Waals surface area contributed by atoms with Crippen molar-refractivity contribution < 1.29 is 27.9 Å². The highest BCUT2D eigenvalue weighted by Gasteiger charge is 2.38. The standard InChI is InChI=1S/C17H24N2O.C2HF3O2/c1-2-3-13-4-6-15(7-5-13)17(20)18-16-12-19-10-8-14(16)9-11-19;3-2(4,5)1(6)7/h4-7,14,16H,2-3,8-12H2,1H3,(H,18,20);(H,6,7)/t16-;/m1./s1. The molecule has 0 spiro atoms. The minimum atomic E-state index is -5.08. The maximum Gasteiger partial charge on any atom is 0.490 e. The van der Waals surface area contributed by atoms with Crippen LogP contribution in [0, 0.1) is 5.92 Å². The number of nitrogens with zero attached hydrogens (tertiary/aromatic N) is 1. The molecule has 1 atom stereocenters. The van der Waals surface area contributed by atoms with Gasteiger partial charge >= 0.3 is 12.1 Å². The number of carboxylic acid groups (broad SMARTS) is 1. The maximum absolute atomic E-state index is 12.3. The summed E-state index contributed by atoms with van der Waals surface area (Å²) in [6.07, 6.45) is -0.381. The highest BCUT2D eigenvalue weighted by Crippen LogP contribution is 2.27. The molecule has 2 N–H and O–H groups in total. The van der Waals surface area contributed by atoms with Crippen LogP contribution in [0.2, 0.25) is 0 Å². The number of fused-ring (bicyclic) bond motifs is 3. The van der Waals surface area contributed by atoms with Crippen LogP contribution in [-0.2, 0) is 11.2 Å². The van der Waals surface area contributed by atoms with E-state index in [1.165, 1.54) is 31.5 Å². The zero-order valence-electron chi connectivity index (χ0n) is 15.3. The molecule has 8 heteroatoms. The van der Waals surface area contributed by atoms with Crippen molar-refractivity contribution in [2.75, 3.05) is 19.6 Å². The number of halogens is 3. The number of aliphatic carboxylic acids is 1. The topological polar surface area (TPSA) is 69.6 Å². The van der Waals surface area contributed by atoms with E-state index < -0.39 is 12.1 Å². The van der Waals surface area contributed by atoms with Gasteiger partial charge in [-0.25, -0.2) is 4.79 Å². The molecule has 5 nitrogen and oxygen atoms in total. The fourth-order valence-electron chi connectivity index (χ4n) is 3.49. The van der Waals surface area contributed by atoms with E-state index in [9.17, 15) is 18.0 Å². The lowest BCUT2D eigenvalue weighted by molar-refractivity contribution is -0.192. The van der Waals surface area contributed by atoms with E-state index in [-0.39, 0.29) is 5.91 Å². The predicted octanol–water partition coefficient (Wildman–Crippen LogP) is 3.10. The molecule has 3 aliphatic rings. The van der Waals surface area contributed by atoms with Crippen LogP contribution in [0.3, 0.4) is 0 Å². The Morgan fingerprint density at radius 1 is 1.19 bits per heavy atom. The normalized spacial score (nSPS) is 23.9. The van der Waals surface area contributed by atoms with Gasteiger partial charge in [0, 0.05) is 18.2 Å². The second-order valence-corrected chi connectivity index (χ2v) is 6.97. The van der Waals surface area contributed by atoms with Crippen LogP contribution in [0.4, 0.5) is 13.2 Å². The molecule has 1 aromatic rings. The maximum atomic E-state index is 12.3. The molecule has 0 unspecified atom stereocenters. The van der Waals surface area contributed by atoms with Gasteiger partial charge < -0.3 is 15.3 Å². The van der Waals surface area contributed by atoms with Crippen LogP contribution in [-0.4, -0.2) is 53.7 Å². The molecule has 150 valence electrons. The summed E-state index contributed by atoms with van der Waals surface area (Å²) in [6, 6.07) is 8.42. The van der Waals surface area contributed by atoms with Crippen molar-refractivity contribution in [3.63, 3.8) is 0 Å². The molecule has 1 aromatic carbocycles. The van der Waals surface area contributed by atoms with E-state index in [4.69, 9.17) is 9.90 Å². The van der Waals surface area contributed by atoms with Gasteiger partial charge in [0.15, 0.2) is 0 Å². The average molecular weight is 386 g/mol. The number of benzene rings is 1. The number of rotatable bonds is 4. The Hall–Kier alpha value is -2.09. The summed E-state index contributed by atoms with van der Waals surface area (Å²) >= 11 is 0. The first kappa shape index (κ1) is 21.2. The SMILES string of the molecule is CCCc1ccc(C(=O)N[C@@H]2CN3CCC2CC3)cc1.O=C(O)C(F)(F)F. The number of carbonyl (C=O) groups is 2. The Labute approximate surface area is 156 Å². The third-order valence-corrected chi connectivity index (χ3v) is 4.97. The third-order valence-electron chi connectivity index (χ3n) is 4.97. The predicted molar refractivity (Wildman–Crippen MR) is 94.5 cm³/mol. The van der Waals surface area contributed by atoms with Gasteiger partial charge in [-0.1, -0.05) is 25.5 Å². The number of hydrogen-bond acceptors (Lipinski definition) is 3. The molecule has 0 radical (unpaired) electrons. The molecule has 3 saturated heterocycles. The zero-order valence-corrected chi connectivity index (χ0v) is 15.3. The van der Waals surface area contributed by atoms with Crippen LogP contribution in [0.25, 0.3) is 0 Å². The van der Waals surface area contributed by atoms with Gasteiger partial charge in [-0.15, -0.1) is 0 Å². The number of piperidine rings is 3. The lowest BCUT2D eigenvalue weighted by atomic mass is 9.84. The number of nitrogens with one attached hydrogen (secondary N) is 1.